The molecule has 0 radical (unpaired) electrons. The molecule has 2 rings (SSSR count). The lowest BCUT2D eigenvalue weighted by Gasteiger charge is -2.07. The van der Waals surface area contributed by atoms with Gasteiger partial charge in [-0.25, -0.2) is 18.5 Å². The van der Waals surface area contributed by atoms with Gasteiger partial charge in [0.05, 0.1) is 5.56 Å². The Kier molecular flexibility index (Phi) is 3.10. The van der Waals surface area contributed by atoms with E-state index in [4.69, 9.17) is 10.4 Å². The van der Waals surface area contributed by atoms with Gasteiger partial charge < -0.3 is 0 Å². The summed E-state index contributed by atoms with van der Waals surface area (Å²) >= 11 is 0. The predicted octanol–water partition coefficient (Wildman–Crippen LogP) is 1.27. The van der Waals surface area contributed by atoms with Gasteiger partial charge in [0.1, 0.15) is 6.07 Å². The molecule has 6 heteroatoms. The van der Waals surface area contributed by atoms with Crippen LogP contribution in [0.15, 0.2) is 47.6 Å². The molecular weight excluding hydrogens is 250 g/mol. The van der Waals surface area contributed by atoms with Crippen LogP contribution in [-0.2, 0) is 10.0 Å². The lowest BCUT2D eigenvalue weighted by Crippen LogP contribution is -2.15. The van der Waals surface area contributed by atoms with Crippen LogP contribution in [0.5, 0.6) is 0 Å². The normalized spacial score (nSPS) is 10.9. The third kappa shape index (κ3) is 2.37. The van der Waals surface area contributed by atoms with Crippen LogP contribution in [0.2, 0.25) is 0 Å². The molecule has 0 aliphatic rings. The van der Waals surface area contributed by atoms with E-state index in [0.717, 1.165) is 0 Å². The van der Waals surface area contributed by atoms with Crippen molar-refractivity contribution < 1.29 is 8.42 Å². The summed E-state index contributed by atoms with van der Waals surface area (Å²) in [6, 6.07) is 12.2. The summed E-state index contributed by atoms with van der Waals surface area (Å²) in [5.41, 5.74) is 1.25. The second-order valence-electron chi connectivity index (χ2n) is 3.60. The van der Waals surface area contributed by atoms with Crippen LogP contribution < -0.4 is 5.14 Å². The predicted molar refractivity (Wildman–Crippen MR) is 65.8 cm³/mol. The van der Waals surface area contributed by atoms with Gasteiger partial charge in [0.2, 0.25) is 0 Å². The number of nitrogens with two attached hydrogens (primary N) is 1. The van der Waals surface area contributed by atoms with Crippen LogP contribution in [0.25, 0.3) is 11.1 Å². The SMILES string of the molecule is N#Cc1cnc(S(N)(=O)=O)c(-c2ccccc2)c1. The summed E-state index contributed by atoms with van der Waals surface area (Å²) < 4.78 is 22.9. The van der Waals surface area contributed by atoms with Crippen molar-refractivity contribution in [1.82, 2.24) is 4.98 Å². The average molecular weight is 259 g/mol. The fraction of sp³-hybridized carbons (Fsp3) is 0. The van der Waals surface area contributed by atoms with Crippen LogP contribution in [-0.4, -0.2) is 13.4 Å². The molecule has 5 nitrogen and oxygen atoms in total. The third-order valence-electron chi connectivity index (χ3n) is 2.33. The topological polar surface area (TPSA) is 96.8 Å². The minimum absolute atomic E-state index is 0.229. The molecule has 1 heterocycles. The average Bonchev–Trinajstić information content (AvgIpc) is 2.38. The smallest absolute Gasteiger partial charge is 0.241 e. The highest BCUT2D eigenvalue weighted by Gasteiger charge is 2.17. The minimum atomic E-state index is -3.93. The quantitative estimate of drug-likeness (QED) is 0.878. The number of pyridine rings is 1. The van der Waals surface area contributed by atoms with Crippen molar-refractivity contribution in [1.29, 1.82) is 5.26 Å². The zero-order chi connectivity index (χ0) is 13.2. The maximum Gasteiger partial charge on any atom is 0.256 e. The van der Waals surface area contributed by atoms with Gasteiger partial charge in [-0.15, -0.1) is 0 Å². The van der Waals surface area contributed by atoms with E-state index < -0.39 is 10.0 Å². The van der Waals surface area contributed by atoms with E-state index in [0.29, 0.717) is 11.1 Å². The number of aromatic nitrogens is 1. The molecule has 1 aromatic carbocycles. The highest BCUT2D eigenvalue weighted by atomic mass is 32.2. The number of primary sulfonamides is 1. The van der Waals surface area contributed by atoms with E-state index in [2.05, 4.69) is 4.98 Å². The maximum atomic E-state index is 11.5. The number of hydrogen-bond donors (Lipinski definition) is 1. The molecule has 0 aliphatic carbocycles. The first-order chi connectivity index (χ1) is 8.52. The van der Waals surface area contributed by atoms with Crippen LogP contribution in [0.1, 0.15) is 5.56 Å². The Morgan fingerprint density at radius 3 is 2.44 bits per heavy atom. The molecule has 0 aliphatic heterocycles. The van der Waals surface area contributed by atoms with E-state index in [1.54, 1.807) is 24.3 Å². The highest BCUT2D eigenvalue weighted by Crippen LogP contribution is 2.25. The molecule has 0 fully saturated rings. The van der Waals surface area contributed by atoms with Crippen LogP contribution in [0.3, 0.4) is 0 Å². The van der Waals surface area contributed by atoms with Crippen LogP contribution >= 0.6 is 0 Å². The Balaban J connectivity index is 2.75. The summed E-state index contributed by atoms with van der Waals surface area (Å²) in [4.78, 5) is 3.76. The first-order valence-electron chi connectivity index (χ1n) is 5.01. The van der Waals surface area contributed by atoms with E-state index in [-0.39, 0.29) is 10.6 Å². The molecule has 18 heavy (non-hydrogen) atoms. The lowest BCUT2D eigenvalue weighted by molar-refractivity contribution is 0.594. The van der Waals surface area contributed by atoms with Gasteiger partial charge in [0.25, 0.3) is 10.0 Å². The van der Waals surface area contributed by atoms with Crippen molar-refractivity contribution >= 4 is 10.0 Å². The molecule has 90 valence electrons. The number of nitrogens with zero attached hydrogens (tertiary/aromatic N) is 2. The fourth-order valence-electron chi connectivity index (χ4n) is 1.56. The number of nitriles is 1. The summed E-state index contributed by atoms with van der Waals surface area (Å²) in [7, 11) is -3.93. The van der Waals surface area contributed by atoms with Crippen molar-refractivity contribution in [2.75, 3.05) is 0 Å². The van der Waals surface area contributed by atoms with Gasteiger partial charge in [-0.05, 0) is 11.6 Å². The molecular formula is C12H9N3O2S. The molecule has 0 bridgehead atoms. The minimum Gasteiger partial charge on any atom is -0.241 e. The standard InChI is InChI=1S/C12H9N3O2S/c13-7-9-6-11(10-4-2-1-3-5-10)12(15-8-9)18(14,16)17/h1-6,8H,(H2,14,16,17). The summed E-state index contributed by atoms with van der Waals surface area (Å²) in [5.74, 6) is 0. The van der Waals surface area contributed by atoms with Crippen LogP contribution in [0.4, 0.5) is 0 Å². The molecule has 0 unspecified atom stereocenters. The zero-order valence-electron chi connectivity index (χ0n) is 9.24. The zero-order valence-corrected chi connectivity index (χ0v) is 10.1. The summed E-state index contributed by atoms with van der Waals surface area (Å²) in [6.45, 7) is 0. The Bertz CT molecular complexity index is 719. The molecule has 0 atom stereocenters. The first-order valence-corrected chi connectivity index (χ1v) is 6.55. The largest absolute Gasteiger partial charge is 0.256 e. The molecule has 0 amide bonds. The molecule has 2 N–H and O–H groups in total. The van der Waals surface area contributed by atoms with Crippen molar-refractivity contribution in [3.8, 4) is 17.2 Å². The summed E-state index contributed by atoms with van der Waals surface area (Å²) in [6.07, 6.45) is 1.19. The van der Waals surface area contributed by atoms with Crippen molar-refractivity contribution in [2.45, 2.75) is 5.03 Å². The number of hydrogen-bond acceptors (Lipinski definition) is 4. The van der Waals surface area contributed by atoms with Crippen molar-refractivity contribution in [3.63, 3.8) is 0 Å². The van der Waals surface area contributed by atoms with Crippen LogP contribution in [0, 0.1) is 11.3 Å². The Labute approximate surface area is 105 Å². The van der Waals surface area contributed by atoms with E-state index in [1.165, 1.54) is 12.3 Å². The Morgan fingerprint density at radius 1 is 1.22 bits per heavy atom. The molecule has 0 saturated carbocycles. The lowest BCUT2D eigenvalue weighted by atomic mass is 10.1. The second-order valence-corrected chi connectivity index (χ2v) is 5.08. The van der Waals surface area contributed by atoms with Crippen molar-refractivity contribution in [2.24, 2.45) is 5.14 Å². The number of benzene rings is 1. The monoisotopic (exact) mass is 259 g/mol. The van der Waals surface area contributed by atoms with Gasteiger partial charge in [-0.2, -0.15) is 5.26 Å². The van der Waals surface area contributed by atoms with Gasteiger partial charge in [-0.3, -0.25) is 0 Å². The molecule has 0 saturated heterocycles. The van der Waals surface area contributed by atoms with Gasteiger partial charge in [0, 0.05) is 11.8 Å². The number of sulfonamides is 1. The molecule has 0 spiro atoms. The molecule has 1 aromatic heterocycles. The summed E-state index contributed by atoms with van der Waals surface area (Å²) in [5, 5.41) is 13.7. The van der Waals surface area contributed by atoms with Gasteiger partial charge in [0.15, 0.2) is 5.03 Å². The second kappa shape index (κ2) is 4.56. The van der Waals surface area contributed by atoms with Gasteiger partial charge in [-0.1, -0.05) is 30.3 Å². The Morgan fingerprint density at radius 2 is 1.89 bits per heavy atom. The van der Waals surface area contributed by atoms with Crippen molar-refractivity contribution in [3.05, 3.63) is 48.2 Å². The van der Waals surface area contributed by atoms with E-state index in [9.17, 15) is 8.42 Å². The fourth-order valence-corrected chi connectivity index (χ4v) is 2.25. The van der Waals surface area contributed by atoms with Gasteiger partial charge >= 0.3 is 0 Å². The highest BCUT2D eigenvalue weighted by molar-refractivity contribution is 7.89. The third-order valence-corrected chi connectivity index (χ3v) is 3.20. The van der Waals surface area contributed by atoms with E-state index >= 15 is 0 Å². The molecule has 2 aromatic rings. The van der Waals surface area contributed by atoms with E-state index in [1.807, 2.05) is 12.1 Å². The first kappa shape index (κ1) is 12.2. The maximum absolute atomic E-state index is 11.5. The Hall–Kier alpha value is -2.23. The number of rotatable bonds is 2.